The summed E-state index contributed by atoms with van der Waals surface area (Å²) in [5.41, 5.74) is 5.82. The standard InChI is InChI=1S/C8H18N2.ClH/c1-5-7(9)8(6-2)10(3)4;/h6-8H,2,5,9H2,1,3-4H3;1H. The zero-order valence-corrected chi connectivity index (χ0v) is 8.40. The number of halogens is 1. The fourth-order valence-electron chi connectivity index (χ4n) is 1.01. The molecule has 0 heterocycles. The number of nitrogens with zero attached hydrogens (tertiary/aromatic N) is 1. The molecule has 0 spiro atoms. The molecule has 0 saturated carbocycles. The highest BCUT2D eigenvalue weighted by atomic mass is 35.5. The van der Waals surface area contributed by atoms with E-state index in [4.69, 9.17) is 5.73 Å². The highest BCUT2D eigenvalue weighted by molar-refractivity contribution is 5.85. The maximum Gasteiger partial charge on any atom is 0.0420 e. The van der Waals surface area contributed by atoms with Gasteiger partial charge in [-0.3, -0.25) is 0 Å². The first-order chi connectivity index (χ1) is 4.63. The lowest BCUT2D eigenvalue weighted by Crippen LogP contribution is -2.42. The molecule has 2 nitrogen and oxygen atoms in total. The molecule has 2 N–H and O–H groups in total. The van der Waals surface area contributed by atoms with Gasteiger partial charge in [0.05, 0.1) is 0 Å². The third kappa shape index (κ3) is 4.40. The number of nitrogens with two attached hydrogens (primary N) is 1. The Hall–Kier alpha value is -0.0500. The van der Waals surface area contributed by atoms with Crippen molar-refractivity contribution < 1.29 is 0 Å². The Morgan fingerprint density at radius 1 is 1.55 bits per heavy atom. The first kappa shape index (κ1) is 13.5. The summed E-state index contributed by atoms with van der Waals surface area (Å²) in [7, 11) is 4.03. The van der Waals surface area contributed by atoms with Crippen LogP contribution in [0, 0.1) is 0 Å². The third-order valence-electron chi connectivity index (χ3n) is 1.75. The van der Waals surface area contributed by atoms with Crippen molar-refractivity contribution >= 4 is 12.4 Å². The largest absolute Gasteiger partial charge is 0.326 e. The van der Waals surface area contributed by atoms with Gasteiger partial charge in [-0.05, 0) is 20.5 Å². The molecule has 3 heteroatoms. The molecule has 0 aliphatic rings. The van der Waals surface area contributed by atoms with Crippen molar-refractivity contribution in [2.24, 2.45) is 5.73 Å². The van der Waals surface area contributed by atoms with Gasteiger partial charge >= 0.3 is 0 Å². The molecule has 0 radical (unpaired) electrons. The minimum Gasteiger partial charge on any atom is -0.326 e. The predicted octanol–water partition coefficient (Wildman–Crippen LogP) is 1.26. The number of hydrogen-bond donors (Lipinski definition) is 1. The van der Waals surface area contributed by atoms with E-state index >= 15 is 0 Å². The van der Waals surface area contributed by atoms with Gasteiger partial charge in [0, 0.05) is 12.1 Å². The third-order valence-corrected chi connectivity index (χ3v) is 1.75. The monoisotopic (exact) mass is 178 g/mol. The first-order valence-corrected chi connectivity index (χ1v) is 3.68. The van der Waals surface area contributed by atoms with Crippen LogP contribution in [0.1, 0.15) is 13.3 Å². The van der Waals surface area contributed by atoms with Crippen LogP contribution in [0.2, 0.25) is 0 Å². The van der Waals surface area contributed by atoms with Gasteiger partial charge in [0.15, 0.2) is 0 Å². The summed E-state index contributed by atoms with van der Waals surface area (Å²) in [5, 5.41) is 0. The number of hydrogen-bond acceptors (Lipinski definition) is 2. The fourth-order valence-corrected chi connectivity index (χ4v) is 1.01. The molecule has 0 aromatic heterocycles. The second kappa shape index (κ2) is 6.65. The number of likely N-dealkylation sites (N-methyl/N-ethyl adjacent to an activating group) is 1. The van der Waals surface area contributed by atoms with E-state index in [2.05, 4.69) is 18.4 Å². The smallest absolute Gasteiger partial charge is 0.0420 e. The van der Waals surface area contributed by atoms with Crippen LogP contribution >= 0.6 is 12.4 Å². The lowest BCUT2D eigenvalue weighted by molar-refractivity contribution is 0.297. The van der Waals surface area contributed by atoms with Gasteiger partial charge in [-0.2, -0.15) is 0 Å². The molecule has 0 aliphatic heterocycles. The van der Waals surface area contributed by atoms with E-state index in [9.17, 15) is 0 Å². The lowest BCUT2D eigenvalue weighted by Gasteiger charge is -2.25. The van der Waals surface area contributed by atoms with Gasteiger partial charge in [0.2, 0.25) is 0 Å². The topological polar surface area (TPSA) is 29.3 Å². The Bertz CT molecular complexity index is 104. The van der Waals surface area contributed by atoms with Crippen LogP contribution in [0.25, 0.3) is 0 Å². The first-order valence-electron chi connectivity index (χ1n) is 3.68. The molecule has 2 unspecified atom stereocenters. The van der Waals surface area contributed by atoms with Gasteiger partial charge < -0.3 is 10.6 Å². The molecule has 0 rings (SSSR count). The van der Waals surface area contributed by atoms with Crippen molar-refractivity contribution in [1.82, 2.24) is 4.90 Å². The van der Waals surface area contributed by atoms with Gasteiger partial charge in [0.1, 0.15) is 0 Å². The second-order valence-corrected chi connectivity index (χ2v) is 2.76. The maximum absolute atomic E-state index is 5.82. The van der Waals surface area contributed by atoms with Crippen molar-refractivity contribution in [1.29, 1.82) is 0 Å². The Labute approximate surface area is 75.9 Å². The van der Waals surface area contributed by atoms with Crippen LogP contribution in [0.15, 0.2) is 12.7 Å². The molecule has 0 bridgehead atoms. The minimum absolute atomic E-state index is 0. The molecular weight excluding hydrogens is 160 g/mol. The van der Waals surface area contributed by atoms with E-state index in [1.54, 1.807) is 0 Å². The Balaban J connectivity index is 0. The summed E-state index contributed by atoms with van der Waals surface area (Å²) in [6.45, 7) is 5.82. The predicted molar refractivity (Wildman–Crippen MR) is 53.2 cm³/mol. The van der Waals surface area contributed by atoms with Crippen molar-refractivity contribution in [2.75, 3.05) is 14.1 Å². The molecule has 0 aliphatic carbocycles. The van der Waals surface area contributed by atoms with E-state index in [0.29, 0.717) is 6.04 Å². The second-order valence-electron chi connectivity index (χ2n) is 2.76. The van der Waals surface area contributed by atoms with Gasteiger partial charge in [0.25, 0.3) is 0 Å². The molecular formula is C8H19ClN2. The highest BCUT2D eigenvalue weighted by Crippen LogP contribution is 2.01. The summed E-state index contributed by atoms with van der Waals surface area (Å²) in [4.78, 5) is 2.08. The number of rotatable bonds is 4. The van der Waals surface area contributed by atoms with Crippen LogP contribution in [0.4, 0.5) is 0 Å². The van der Waals surface area contributed by atoms with Gasteiger partial charge in [-0.15, -0.1) is 19.0 Å². The summed E-state index contributed by atoms with van der Waals surface area (Å²) in [5.74, 6) is 0. The molecule has 2 atom stereocenters. The zero-order chi connectivity index (χ0) is 8.15. The van der Waals surface area contributed by atoms with Crippen molar-refractivity contribution in [3.8, 4) is 0 Å². The minimum atomic E-state index is 0. The molecule has 11 heavy (non-hydrogen) atoms. The van der Waals surface area contributed by atoms with Crippen LogP contribution in [-0.4, -0.2) is 31.1 Å². The summed E-state index contributed by atoms with van der Waals surface area (Å²) >= 11 is 0. The Morgan fingerprint density at radius 3 is 2.09 bits per heavy atom. The van der Waals surface area contributed by atoms with E-state index in [1.165, 1.54) is 0 Å². The molecule has 0 fully saturated rings. The van der Waals surface area contributed by atoms with Crippen LogP contribution < -0.4 is 5.73 Å². The van der Waals surface area contributed by atoms with E-state index < -0.39 is 0 Å². The SMILES string of the molecule is C=CC(C(N)CC)N(C)C.Cl. The molecule has 0 aromatic carbocycles. The van der Waals surface area contributed by atoms with E-state index in [-0.39, 0.29) is 18.4 Å². The van der Waals surface area contributed by atoms with Crippen LogP contribution in [0.3, 0.4) is 0 Å². The Kier molecular flexibility index (Phi) is 8.18. The van der Waals surface area contributed by atoms with E-state index in [1.807, 2.05) is 20.2 Å². The van der Waals surface area contributed by atoms with Crippen LogP contribution in [-0.2, 0) is 0 Å². The molecule has 68 valence electrons. The highest BCUT2D eigenvalue weighted by Gasteiger charge is 2.13. The average molecular weight is 179 g/mol. The van der Waals surface area contributed by atoms with Crippen molar-refractivity contribution in [3.63, 3.8) is 0 Å². The Morgan fingerprint density at radius 2 is 2.00 bits per heavy atom. The fraction of sp³-hybridized carbons (Fsp3) is 0.750. The molecule has 0 saturated heterocycles. The molecule has 0 amide bonds. The quantitative estimate of drug-likeness (QED) is 0.657. The van der Waals surface area contributed by atoms with Crippen molar-refractivity contribution in [3.05, 3.63) is 12.7 Å². The van der Waals surface area contributed by atoms with Gasteiger partial charge in [-0.25, -0.2) is 0 Å². The molecule has 0 aromatic rings. The average Bonchev–Trinajstić information content (AvgIpc) is 1.88. The summed E-state index contributed by atoms with van der Waals surface area (Å²) in [6, 6.07) is 0.525. The van der Waals surface area contributed by atoms with Gasteiger partial charge in [-0.1, -0.05) is 13.0 Å². The normalized spacial score (nSPS) is 15.4. The van der Waals surface area contributed by atoms with Crippen molar-refractivity contribution in [2.45, 2.75) is 25.4 Å². The van der Waals surface area contributed by atoms with Crippen LogP contribution in [0.5, 0.6) is 0 Å². The van der Waals surface area contributed by atoms with E-state index in [0.717, 1.165) is 6.42 Å². The summed E-state index contributed by atoms with van der Waals surface area (Å²) in [6.07, 6.45) is 2.89. The lowest BCUT2D eigenvalue weighted by atomic mass is 10.1. The summed E-state index contributed by atoms with van der Waals surface area (Å²) < 4.78 is 0. The zero-order valence-electron chi connectivity index (χ0n) is 7.58. The maximum atomic E-state index is 5.82.